The largest absolute Gasteiger partial charge is 0.497 e. The van der Waals surface area contributed by atoms with Crippen LogP contribution < -0.4 is 10.1 Å². The maximum atomic E-state index is 12.5. The van der Waals surface area contributed by atoms with Gasteiger partial charge in [0.05, 0.1) is 14.2 Å². The molecule has 2 atom stereocenters. The van der Waals surface area contributed by atoms with Gasteiger partial charge in [-0.05, 0) is 37.9 Å². The minimum absolute atomic E-state index is 0.167. The van der Waals surface area contributed by atoms with Crippen LogP contribution >= 0.6 is 0 Å². The van der Waals surface area contributed by atoms with Gasteiger partial charge in [0.15, 0.2) is 5.54 Å². The molecule has 114 valence electrons. The molecule has 2 unspecified atom stereocenters. The Morgan fingerprint density at radius 2 is 2.24 bits per heavy atom. The molecule has 0 bridgehead atoms. The van der Waals surface area contributed by atoms with E-state index < -0.39 is 5.54 Å². The molecule has 0 spiro atoms. The van der Waals surface area contributed by atoms with Gasteiger partial charge in [-0.25, -0.2) is 4.79 Å². The maximum absolute atomic E-state index is 12.5. The Morgan fingerprint density at radius 1 is 1.38 bits per heavy atom. The summed E-state index contributed by atoms with van der Waals surface area (Å²) in [5, 5.41) is 3.46. The lowest BCUT2D eigenvalue weighted by molar-refractivity contribution is -0.146. The topological polar surface area (TPSA) is 50.8 Å². The number of nitrogens with one attached hydrogen (secondary N) is 1. The van der Waals surface area contributed by atoms with Gasteiger partial charge in [-0.15, -0.1) is 0 Å². The zero-order chi connectivity index (χ0) is 14.9. The highest BCUT2D eigenvalue weighted by molar-refractivity contribution is 5.86. The minimum Gasteiger partial charge on any atom is -0.497 e. The molecule has 2 fully saturated rings. The molecule has 2 saturated heterocycles. The zero-order valence-electron chi connectivity index (χ0n) is 12.6. The maximum Gasteiger partial charge on any atom is 0.333 e. The number of hydrogen-bond acceptors (Lipinski definition) is 5. The number of rotatable bonds is 4. The van der Waals surface area contributed by atoms with E-state index in [1.165, 1.54) is 7.11 Å². The summed E-state index contributed by atoms with van der Waals surface area (Å²) in [6.07, 6.45) is 2.96. The lowest BCUT2D eigenvalue weighted by Crippen LogP contribution is -2.54. The van der Waals surface area contributed by atoms with Gasteiger partial charge < -0.3 is 14.8 Å². The lowest BCUT2D eigenvalue weighted by atomic mass is 9.88. The van der Waals surface area contributed by atoms with E-state index in [-0.39, 0.29) is 12.0 Å². The normalized spacial score (nSPS) is 28.2. The smallest absolute Gasteiger partial charge is 0.333 e. The van der Waals surface area contributed by atoms with Gasteiger partial charge in [-0.1, -0.05) is 6.07 Å². The standard InChI is InChI=1S/C16H22N2O3/c1-20-13-6-3-5-12(11-13)17-16(15(19)21-2)8-10-18-9-4-7-14(16)18/h3,5-6,11,14,17H,4,7-10H2,1-2H3. The first-order valence-electron chi connectivity index (χ1n) is 7.44. The molecular formula is C16H22N2O3. The van der Waals surface area contributed by atoms with Crippen molar-refractivity contribution in [3.8, 4) is 5.75 Å². The SMILES string of the molecule is COC(=O)C1(Nc2cccc(OC)c2)CCN2CCCC21. The molecule has 5 heteroatoms. The van der Waals surface area contributed by atoms with Gasteiger partial charge in [0.2, 0.25) is 0 Å². The van der Waals surface area contributed by atoms with Crippen LogP contribution in [-0.2, 0) is 9.53 Å². The summed E-state index contributed by atoms with van der Waals surface area (Å²) in [5.41, 5.74) is 0.256. The zero-order valence-corrected chi connectivity index (χ0v) is 12.6. The van der Waals surface area contributed by atoms with E-state index >= 15 is 0 Å². The van der Waals surface area contributed by atoms with Crippen LogP contribution in [0, 0.1) is 0 Å². The second-order valence-electron chi connectivity index (χ2n) is 5.76. The number of anilines is 1. The van der Waals surface area contributed by atoms with E-state index in [9.17, 15) is 4.79 Å². The molecule has 0 saturated carbocycles. The Kier molecular flexibility index (Phi) is 3.76. The predicted octanol–water partition coefficient (Wildman–Crippen LogP) is 1.89. The van der Waals surface area contributed by atoms with Crippen molar-refractivity contribution in [3.63, 3.8) is 0 Å². The van der Waals surface area contributed by atoms with Crippen LogP contribution in [0.1, 0.15) is 19.3 Å². The third-order valence-electron chi connectivity index (χ3n) is 4.71. The Hall–Kier alpha value is -1.75. The van der Waals surface area contributed by atoms with Crippen molar-refractivity contribution in [1.29, 1.82) is 0 Å². The van der Waals surface area contributed by atoms with E-state index in [0.717, 1.165) is 43.8 Å². The molecule has 0 amide bonds. The fourth-order valence-corrected chi connectivity index (χ4v) is 3.71. The van der Waals surface area contributed by atoms with Crippen molar-refractivity contribution in [1.82, 2.24) is 4.90 Å². The molecule has 1 aromatic rings. The van der Waals surface area contributed by atoms with Crippen LogP contribution in [0.5, 0.6) is 5.75 Å². The van der Waals surface area contributed by atoms with Crippen molar-refractivity contribution >= 4 is 11.7 Å². The summed E-state index contributed by atoms with van der Waals surface area (Å²) in [6.45, 7) is 2.01. The fraction of sp³-hybridized carbons (Fsp3) is 0.562. The summed E-state index contributed by atoms with van der Waals surface area (Å²) < 4.78 is 10.4. The molecule has 5 nitrogen and oxygen atoms in total. The second-order valence-corrected chi connectivity index (χ2v) is 5.76. The Morgan fingerprint density at radius 3 is 3.00 bits per heavy atom. The first-order valence-corrected chi connectivity index (χ1v) is 7.44. The van der Waals surface area contributed by atoms with Crippen LogP contribution in [0.2, 0.25) is 0 Å². The average Bonchev–Trinajstić information content (AvgIpc) is 3.11. The number of fused-ring (bicyclic) bond motifs is 1. The van der Waals surface area contributed by atoms with Gasteiger partial charge in [-0.2, -0.15) is 0 Å². The van der Waals surface area contributed by atoms with Crippen molar-refractivity contribution < 1.29 is 14.3 Å². The van der Waals surface area contributed by atoms with Gasteiger partial charge in [0.1, 0.15) is 5.75 Å². The van der Waals surface area contributed by atoms with Crippen molar-refractivity contribution in [2.45, 2.75) is 30.8 Å². The number of methoxy groups -OCH3 is 2. The number of hydrogen-bond donors (Lipinski definition) is 1. The Balaban J connectivity index is 1.91. The first kappa shape index (κ1) is 14.2. The molecule has 0 aliphatic carbocycles. The molecule has 3 rings (SSSR count). The van der Waals surface area contributed by atoms with Gasteiger partial charge in [0, 0.05) is 24.3 Å². The summed E-state index contributed by atoms with van der Waals surface area (Å²) in [4.78, 5) is 14.9. The number of ether oxygens (including phenoxy) is 2. The van der Waals surface area contributed by atoms with Gasteiger partial charge >= 0.3 is 5.97 Å². The summed E-state index contributed by atoms with van der Waals surface area (Å²) in [6, 6.07) is 7.92. The van der Waals surface area contributed by atoms with E-state index in [0.29, 0.717) is 0 Å². The van der Waals surface area contributed by atoms with Crippen LogP contribution in [0.4, 0.5) is 5.69 Å². The third kappa shape index (κ3) is 2.35. The third-order valence-corrected chi connectivity index (χ3v) is 4.71. The highest BCUT2D eigenvalue weighted by Crippen LogP contribution is 2.39. The second kappa shape index (κ2) is 5.56. The Labute approximate surface area is 125 Å². The van der Waals surface area contributed by atoms with E-state index in [4.69, 9.17) is 9.47 Å². The summed E-state index contributed by atoms with van der Waals surface area (Å²) in [7, 11) is 3.11. The van der Waals surface area contributed by atoms with E-state index in [1.807, 2.05) is 24.3 Å². The average molecular weight is 290 g/mol. The van der Waals surface area contributed by atoms with E-state index in [1.54, 1.807) is 7.11 Å². The Bertz CT molecular complexity index is 534. The predicted molar refractivity (Wildman–Crippen MR) is 80.6 cm³/mol. The molecule has 2 aliphatic heterocycles. The van der Waals surface area contributed by atoms with Gasteiger partial charge in [0.25, 0.3) is 0 Å². The van der Waals surface area contributed by atoms with Crippen molar-refractivity contribution in [2.24, 2.45) is 0 Å². The lowest BCUT2D eigenvalue weighted by Gasteiger charge is -2.34. The summed E-state index contributed by atoms with van der Waals surface area (Å²) in [5.74, 6) is 0.612. The summed E-state index contributed by atoms with van der Waals surface area (Å²) >= 11 is 0. The molecule has 2 aliphatic rings. The molecule has 1 aromatic carbocycles. The van der Waals surface area contributed by atoms with Crippen LogP contribution in [0.3, 0.4) is 0 Å². The molecular weight excluding hydrogens is 268 g/mol. The fourth-order valence-electron chi connectivity index (χ4n) is 3.71. The highest BCUT2D eigenvalue weighted by Gasteiger charge is 2.55. The molecule has 2 heterocycles. The molecule has 0 aromatic heterocycles. The van der Waals surface area contributed by atoms with Crippen LogP contribution in [0.15, 0.2) is 24.3 Å². The van der Waals surface area contributed by atoms with Crippen LogP contribution in [0.25, 0.3) is 0 Å². The molecule has 1 N–H and O–H groups in total. The number of benzene rings is 1. The molecule has 21 heavy (non-hydrogen) atoms. The molecule has 0 radical (unpaired) electrons. The number of carbonyl (C=O) groups is 1. The number of nitrogens with zero attached hydrogens (tertiary/aromatic N) is 1. The number of carbonyl (C=O) groups excluding carboxylic acids is 1. The van der Waals surface area contributed by atoms with E-state index in [2.05, 4.69) is 10.2 Å². The minimum atomic E-state index is -0.641. The number of esters is 1. The van der Waals surface area contributed by atoms with Crippen LogP contribution in [-0.4, -0.2) is 49.8 Å². The quantitative estimate of drug-likeness (QED) is 0.858. The first-order chi connectivity index (χ1) is 10.2. The van der Waals surface area contributed by atoms with Gasteiger partial charge in [-0.3, -0.25) is 4.90 Å². The monoisotopic (exact) mass is 290 g/mol. The van der Waals surface area contributed by atoms with Crippen molar-refractivity contribution in [2.75, 3.05) is 32.6 Å². The highest BCUT2D eigenvalue weighted by atomic mass is 16.5. The van der Waals surface area contributed by atoms with Crippen molar-refractivity contribution in [3.05, 3.63) is 24.3 Å².